The van der Waals surface area contributed by atoms with Crippen LogP contribution in [0.5, 0.6) is 11.5 Å². The Kier molecular flexibility index (Phi) is 5.11. The molecular formula is C15H17N3O3. The van der Waals surface area contributed by atoms with E-state index >= 15 is 0 Å². The first-order valence-corrected chi connectivity index (χ1v) is 6.42. The molecule has 1 aromatic heterocycles. The molecule has 0 aliphatic carbocycles. The molecule has 1 aromatic carbocycles. The third kappa shape index (κ3) is 4.19. The van der Waals surface area contributed by atoms with Crippen LogP contribution >= 0.6 is 0 Å². The average Bonchev–Trinajstić information content (AvgIpc) is 2.54. The maximum absolute atomic E-state index is 8.56. The topological polar surface area (TPSA) is 90.0 Å². The average molecular weight is 287 g/mol. The van der Waals surface area contributed by atoms with Crippen molar-refractivity contribution in [1.29, 1.82) is 0 Å². The third-order valence-electron chi connectivity index (χ3n) is 2.86. The van der Waals surface area contributed by atoms with Crippen molar-refractivity contribution in [3.05, 3.63) is 53.9 Å². The Bertz CT molecular complexity index is 595. The summed E-state index contributed by atoms with van der Waals surface area (Å²) >= 11 is 0. The highest BCUT2D eigenvalue weighted by atomic mass is 16.5. The van der Waals surface area contributed by atoms with E-state index in [9.17, 15) is 0 Å². The summed E-state index contributed by atoms with van der Waals surface area (Å²) in [5.74, 6) is 1.26. The molecule has 0 amide bonds. The van der Waals surface area contributed by atoms with Crippen LogP contribution in [0.2, 0.25) is 0 Å². The van der Waals surface area contributed by atoms with Gasteiger partial charge in [-0.2, -0.15) is 0 Å². The van der Waals surface area contributed by atoms with Crippen LogP contribution in [0, 0.1) is 0 Å². The van der Waals surface area contributed by atoms with Gasteiger partial charge in [-0.05, 0) is 36.2 Å². The van der Waals surface area contributed by atoms with Crippen LogP contribution in [0.15, 0.2) is 47.8 Å². The molecule has 1 heterocycles. The highest BCUT2D eigenvalue weighted by Gasteiger charge is 2.03. The number of hydrogen-bond donors (Lipinski definition) is 2. The minimum Gasteiger partial charge on any atom is -0.456 e. The van der Waals surface area contributed by atoms with Gasteiger partial charge in [0, 0.05) is 7.11 Å². The van der Waals surface area contributed by atoms with Crippen molar-refractivity contribution < 1.29 is 14.7 Å². The van der Waals surface area contributed by atoms with Gasteiger partial charge in [-0.15, -0.1) is 0 Å². The Morgan fingerprint density at radius 2 is 1.90 bits per heavy atom. The van der Waals surface area contributed by atoms with E-state index in [1.165, 1.54) is 11.8 Å². The number of benzene rings is 1. The number of ether oxygens (including phenoxy) is 2. The van der Waals surface area contributed by atoms with Gasteiger partial charge in [-0.1, -0.05) is 17.3 Å². The number of pyridine rings is 1. The molecule has 0 atom stereocenters. The Morgan fingerprint density at radius 3 is 2.48 bits per heavy atom. The predicted molar refractivity (Wildman–Crippen MR) is 78.8 cm³/mol. The number of amidine groups is 1. The molecule has 0 saturated carbocycles. The van der Waals surface area contributed by atoms with Gasteiger partial charge in [0.05, 0.1) is 12.8 Å². The van der Waals surface area contributed by atoms with E-state index in [0.29, 0.717) is 18.1 Å². The van der Waals surface area contributed by atoms with Crippen molar-refractivity contribution in [2.75, 3.05) is 13.7 Å². The van der Waals surface area contributed by atoms with Gasteiger partial charge in [0.25, 0.3) is 0 Å². The second-order valence-corrected chi connectivity index (χ2v) is 4.35. The second kappa shape index (κ2) is 7.25. The molecule has 0 spiro atoms. The quantitative estimate of drug-likeness (QED) is 0.368. The maximum atomic E-state index is 8.56. The highest BCUT2D eigenvalue weighted by Crippen LogP contribution is 2.21. The smallest absolute Gasteiger partial charge is 0.188 e. The SMILES string of the molecule is COCCc1ccc(Oc2ccc(/C(N)=N/O)nc2)cc1. The highest BCUT2D eigenvalue weighted by molar-refractivity contribution is 5.95. The van der Waals surface area contributed by atoms with E-state index in [-0.39, 0.29) is 5.84 Å². The molecule has 2 aromatic rings. The molecule has 110 valence electrons. The zero-order valence-corrected chi connectivity index (χ0v) is 11.7. The van der Waals surface area contributed by atoms with E-state index in [4.69, 9.17) is 20.4 Å². The summed E-state index contributed by atoms with van der Waals surface area (Å²) in [7, 11) is 1.68. The molecule has 6 heteroatoms. The summed E-state index contributed by atoms with van der Waals surface area (Å²) in [4.78, 5) is 4.05. The Hall–Kier alpha value is -2.60. The summed E-state index contributed by atoms with van der Waals surface area (Å²) in [6, 6.07) is 11.1. The van der Waals surface area contributed by atoms with Crippen molar-refractivity contribution in [3.8, 4) is 11.5 Å². The molecule has 0 bridgehead atoms. The number of oxime groups is 1. The molecule has 0 radical (unpaired) electrons. The molecule has 21 heavy (non-hydrogen) atoms. The molecule has 0 fully saturated rings. The monoisotopic (exact) mass is 287 g/mol. The molecular weight excluding hydrogens is 270 g/mol. The Balaban J connectivity index is 2.01. The van der Waals surface area contributed by atoms with Gasteiger partial charge in [-0.3, -0.25) is 0 Å². The van der Waals surface area contributed by atoms with E-state index in [1.54, 1.807) is 19.2 Å². The number of methoxy groups -OCH3 is 1. The minimum atomic E-state index is -0.0379. The molecule has 0 aliphatic heterocycles. The second-order valence-electron chi connectivity index (χ2n) is 4.35. The zero-order chi connectivity index (χ0) is 15.1. The van der Waals surface area contributed by atoms with Gasteiger partial charge in [0.1, 0.15) is 17.2 Å². The van der Waals surface area contributed by atoms with Gasteiger partial charge in [0.15, 0.2) is 5.84 Å². The van der Waals surface area contributed by atoms with Crippen LogP contribution < -0.4 is 10.5 Å². The third-order valence-corrected chi connectivity index (χ3v) is 2.86. The summed E-state index contributed by atoms with van der Waals surface area (Å²) in [6.07, 6.45) is 2.39. The molecule has 6 nitrogen and oxygen atoms in total. The van der Waals surface area contributed by atoms with Gasteiger partial charge in [0.2, 0.25) is 0 Å². The van der Waals surface area contributed by atoms with E-state index in [2.05, 4.69) is 10.1 Å². The number of rotatable bonds is 6. The molecule has 0 unspecified atom stereocenters. The minimum absolute atomic E-state index is 0.0379. The predicted octanol–water partition coefficient (Wildman–Crippen LogP) is 2.16. The van der Waals surface area contributed by atoms with Gasteiger partial charge >= 0.3 is 0 Å². The largest absolute Gasteiger partial charge is 0.456 e. The zero-order valence-electron chi connectivity index (χ0n) is 11.7. The number of aromatic nitrogens is 1. The van der Waals surface area contributed by atoms with Crippen molar-refractivity contribution in [1.82, 2.24) is 4.98 Å². The first kappa shape index (κ1) is 14.8. The van der Waals surface area contributed by atoms with E-state index < -0.39 is 0 Å². The van der Waals surface area contributed by atoms with Crippen molar-refractivity contribution >= 4 is 5.84 Å². The summed E-state index contributed by atoms with van der Waals surface area (Å²) in [5.41, 5.74) is 7.01. The first-order valence-electron chi connectivity index (χ1n) is 6.42. The lowest BCUT2D eigenvalue weighted by Gasteiger charge is -2.07. The fraction of sp³-hybridized carbons (Fsp3) is 0.200. The fourth-order valence-corrected chi connectivity index (χ4v) is 1.72. The van der Waals surface area contributed by atoms with Crippen molar-refractivity contribution in [2.45, 2.75) is 6.42 Å². The van der Waals surface area contributed by atoms with Gasteiger partial charge < -0.3 is 20.4 Å². The number of nitrogens with zero attached hydrogens (tertiary/aromatic N) is 2. The van der Waals surface area contributed by atoms with Crippen LogP contribution in [0.4, 0.5) is 0 Å². The summed E-state index contributed by atoms with van der Waals surface area (Å²) in [6.45, 7) is 0.694. The van der Waals surface area contributed by atoms with Crippen LogP contribution in [-0.2, 0) is 11.2 Å². The van der Waals surface area contributed by atoms with Crippen molar-refractivity contribution in [2.24, 2.45) is 10.9 Å². The molecule has 0 saturated heterocycles. The van der Waals surface area contributed by atoms with Crippen LogP contribution in [0.1, 0.15) is 11.3 Å². The van der Waals surface area contributed by atoms with Crippen LogP contribution in [0.3, 0.4) is 0 Å². The lowest BCUT2D eigenvalue weighted by atomic mass is 10.1. The van der Waals surface area contributed by atoms with Crippen molar-refractivity contribution in [3.63, 3.8) is 0 Å². The van der Waals surface area contributed by atoms with Crippen LogP contribution in [0.25, 0.3) is 0 Å². The van der Waals surface area contributed by atoms with Gasteiger partial charge in [-0.25, -0.2) is 4.98 Å². The fourth-order valence-electron chi connectivity index (χ4n) is 1.72. The Labute approximate surface area is 122 Å². The summed E-state index contributed by atoms with van der Waals surface area (Å²) in [5, 5.41) is 11.5. The molecule has 3 N–H and O–H groups in total. The summed E-state index contributed by atoms with van der Waals surface area (Å²) < 4.78 is 10.7. The lowest BCUT2D eigenvalue weighted by molar-refractivity contribution is 0.202. The molecule has 0 aliphatic rings. The molecule has 2 rings (SSSR count). The standard InChI is InChI=1S/C15H17N3O3/c1-20-9-8-11-2-4-12(5-3-11)21-13-6-7-14(17-10-13)15(16)18-19/h2-7,10,19H,8-9H2,1H3,(H2,16,18). The van der Waals surface area contributed by atoms with E-state index in [1.807, 2.05) is 24.3 Å². The lowest BCUT2D eigenvalue weighted by Crippen LogP contribution is -2.14. The Morgan fingerprint density at radius 1 is 1.19 bits per heavy atom. The maximum Gasteiger partial charge on any atom is 0.188 e. The van der Waals surface area contributed by atoms with Crippen LogP contribution in [-0.4, -0.2) is 29.7 Å². The number of hydrogen-bond acceptors (Lipinski definition) is 5. The normalized spacial score (nSPS) is 11.4. The number of nitrogens with two attached hydrogens (primary N) is 1. The van der Waals surface area contributed by atoms with E-state index in [0.717, 1.165) is 12.2 Å². The first-order chi connectivity index (χ1) is 10.2.